The van der Waals surface area contributed by atoms with Gasteiger partial charge in [0, 0.05) is 25.5 Å². The fraction of sp³-hybridized carbons (Fsp3) is 0.500. The summed E-state index contributed by atoms with van der Waals surface area (Å²) in [7, 11) is -2.49. The molecule has 0 radical (unpaired) electrons. The van der Waals surface area contributed by atoms with E-state index in [1.165, 1.54) is 51.0 Å². The minimum Gasteiger partial charge on any atom is -0.411 e. The van der Waals surface area contributed by atoms with E-state index in [0.29, 0.717) is 5.56 Å². The van der Waals surface area contributed by atoms with Crippen LogP contribution in [0.4, 0.5) is 4.79 Å². The third-order valence-electron chi connectivity index (χ3n) is 7.76. The Bertz CT molecular complexity index is 1690. The third kappa shape index (κ3) is 13.0. The molecule has 2 aromatic carbocycles. The lowest BCUT2D eigenvalue weighted by Gasteiger charge is -2.34. The van der Waals surface area contributed by atoms with Gasteiger partial charge >= 0.3 is 6.03 Å². The smallest absolute Gasteiger partial charge is 0.318 e. The number of hydrogen-bond donors (Lipinski definition) is 4. The van der Waals surface area contributed by atoms with Gasteiger partial charge in [0.1, 0.15) is 6.04 Å². The molecule has 1 aromatic heterocycles. The number of aryl methyl sites for hydroxylation is 1. The van der Waals surface area contributed by atoms with E-state index in [0.717, 1.165) is 16.3 Å². The fourth-order valence-electron chi connectivity index (χ4n) is 5.44. The Labute approximate surface area is 305 Å². The predicted molar refractivity (Wildman–Crippen MR) is 198 cm³/mol. The van der Waals surface area contributed by atoms with E-state index in [4.69, 9.17) is 9.94 Å². The number of aliphatic hydroxyl groups excluding tert-OH is 1. The van der Waals surface area contributed by atoms with Gasteiger partial charge in [-0.15, -0.1) is 11.3 Å². The predicted octanol–water partition coefficient (Wildman–Crippen LogP) is 4.41. The van der Waals surface area contributed by atoms with Crippen LogP contribution >= 0.6 is 11.3 Å². The minimum atomic E-state index is -4.09. The monoisotopic (exact) mass is 744 g/mol. The van der Waals surface area contributed by atoms with Crippen molar-refractivity contribution in [1.29, 1.82) is 0 Å². The Morgan fingerprint density at radius 1 is 1.04 bits per heavy atom. The Hall–Kier alpha value is -3.89. The quantitative estimate of drug-likeness (QED) is 0.0894. The number of oxime groups is 1. The average molecular weight is 745 g/mol. The zero-order valence-electron chi connectivity index (χ0n) is 30.6. The van der Waals surface area contributed by atoms with Crippen LogP contribution in [0.25, 0.3) is 0 Å². The number of aliphatic hydroxyl groups is 1. The van der Waals surface area contributed by atoms with E-state index in [1.807, 2.05) is 77.3 Å². The second-order valence-electron chi connectivity index (χ2n) is 14.0. The van der Waals surface area contributed by atoms with Gasteiger partial charge in [0.25, 0.3) is 0 Å². The summed E-state index contributed by atoms with van der Waals surface area (Å²) in [6.45, 7) is 12.9. The molecule has 51 heavy (non-hydrogen) atoms. The Kier molecular flexibility index (Phi) is 15.1. The van der Waals surface area contributed by atoms with Gasteiger partial charge in [-0.3, -0.25) is 4.79 Å². The molecule has 280 valence electrons. The van der Waals surface area contributed by atoms with Gasteiger partial charge in [0.05, 0.1) is 52.2 Å². The molecule has 0 aliphatic carbocycles. The van der Waals surface area contributed by atoms with Crippen molar-refractivity contribution < 1.29 is 33.1 Å². The first-order valence-corrected chi connectivity index (χ1v) is 19.1. The number of urea groups is 1. The van der Waals surface area contributed by atoms with Gasteiger partial charge in [0.2, 0.25) is 15.9 Å². The molecule has 0 unspecified atom stereocenters. The lowest BCUT2D eigenvalue weighted by Crippen LogP contribution is -2.60. The topological polar surface area (TPSA) is 174 Å². The Morgan fingerprint density at radius 3 is 2.24 bits per heavy atom. The number of hydrogen-bond acceptors (Lipinski definition) is 10. The van der Waals surface area contributed by atoms with Crippen LogP contribution in [-0.4, -0.2) is 101 Å². The van der Waals surface area contributed by atoms with Gasteiger partial charge in [-0.2, -0.15) is 4.31 Å². The molecule has 0 spiro atoms. The molecule has 0 fully saturated rings. The van der Waals surface area contributed by atoms with Crippen molar-refractivity contribution in [3.8, 4) is 0 Å². The summed E-state index contributed by atoms with van der Waals surface area (Å²) >= 11 is 1.48. The Balaban J connectivity index is 1.92. The van der Waals surface area contributed by atoms with Crippen molar-refractivity contribution in [1.82, 2.24) is 24.8 Å². The summed E-state index contributed by atoms with van der Waals surface area (Å²) < 4.78 is 35.1. The fourth-order valence-corrected chi connectivity index (χ4v) is 7.67. The van der Waals surface area contributed by atoms with E-state index in [1.54, 1.807) is 14.0 Å². The average Bonchev–Trinajstić information content (AvgIpc) is 3.46. The molecule has 0 aliphatic heterocycles. The summed E-state index contributed by atoms with van der Waals surface area (Å²) in [6, 6.07) is 12.4. The van der Waals surface area contributed by atoms with E-state index < -0.39 is 51.9 Å². The van der Waals surface area contributed by atoms with Gasteiger partial charge in [-0.1, -0.05) is 61.5 Å². The Morgan fingerprint density at radius 2 is 1.69 bits per heavy atom. The molecule has 0 saturated carbocycles. The van der Waals surface area contributed by atoms with Crippen LogP contribution in [0.2, 0.25) is 0 Å². The van der Waals surface area contributed by atoms with Crippen molar-refractivity contribution in [3.63, 3.8) is 0 Å². The summed E-state index contributed by atoms with van der Waals surface area (Å²) in [4.78, 5) is 33.4. The number of benzene rings is 2. The largest absolute Gasteiger partial charge is 0.411 e. The van der Waals surface area contributed by atoms with Crippen LogP contribution in [0.5, 0.6) is 0 Å². The molecular weight excluding hydrogens is 693 g/mol. The van der Waals surface area contributed by atoms with Gasteiger partial charge in [-0.05, 0) is 70.2 Å². The van der Waals surface area contributed by atoms with Crippen LogP contribution in [-0.2, 0) is 32.5 Å². The van der Waals surface area contributed by atoms with Crippen molar-refractivity contribution in [2.45, 2.75) is 96.2 Å². The van der Waals surface area contributed by atoms with Crippen molar-refractivity contribution >= 4 is 39.5 Å². The standard InChI is InChI=1S/C36H52N6O7S2/c1-24(2)20-42(51(47,48)30-16-14-28(15-17-30)19-37-46)22-32(43)31(18-27-12-10-9-11-13-27)39-34(44)33(25(3)49-36(5,6)7)40-35(45)41(8)21-29-23-50-26(4)38-29/h9-17,19,23-25,31-33,43,46H,18,20-22H2,1-8H3,(H,39,44)(H,40,45)/t25-,31-,32+,33-/m0/s1. The molecule has 4 atom stereocenters. The summed E-state index contributed by atoms with van der Waals surface area (Å²) in [6.07, 6.45) is -0.771. The third-order valence-corrected chi connectivity index (χ3v) is 10.4. The van der Waals surface area contributed by atoms with E-state index in [-0.39, 0.29) is 36.9 Å². The van der Waals surface area contributed by atoms with E-state index in [9.17, 15) is 23.1 Å². The normalized spacial score (nSPS) is 14.7. The highest BCUT2D eigenvalue weighted by atomic mass is 32.2. The number of carbonyl (C=O) groups excluding carboxylic acids is 2. The molecule has 3 aromatic rings. The number of aromatic nitrogens is 1. The second kappa shape index (κ2) is 18.6. The lowest BCUT2D eigenvalue weighted by atomic mass is 9.99. The maximum absolute atomic E-state index is 14.2. The van der Waals surface area contributed by atoms with Gasteiger partial charge in [0.15, 0.2) is 0 Å². The zero-order chi connectivity index (χ0) is 37.9. The molecule has 0 saturated heterocycles. The van der Waals surface area contributed by atoms with Crippen LogP contribution in [0.15, 0.2) is 70.0 Å². The first-order valence-electron chi connectivity index (χ1n) is 16.8. The minimum absolute atomic E-state index is 0.00180. The van der Waals surface area contributed by atoms with Crippen molar-refractivity contribution in [2.24, 2.45) is 11.1 Å². The maximum Gasteiger partial charge on any atom is 0.318 e. The summed E-state index contributed by atoms with van der Waals surface area (Å²) in [5, 5.41) is 32.1. The van der Waals surface area contributed by atoms with Crippen molar-refractivity contribution in [2.75, 3.05) is 20.1 Å². The highest BCUT2D eigenvalue weighted by molar-refractivity contribution is 7.89. The molecule has 0 aliphatic rings. The number of amides is 3. The molecule has 13 nitrogen and oxygen atoms in total. The lowest BCUT2D eigenvalue weighted by molar-refractivity contribution is -0.132. The van der Waals surface area contributed by atoms with Crippen LogP contribution < -0.4 is 10.6 Å². The maximum atomic E-state index is 14.2. The van der Waals surface area contributed by atoms with Crippen molar-refractivity contribution in [3.05, 3.63) is 81.8 Å². The van der Waals surface area contributed by atoms with Crippen LogP contribution in [0, 0.1) is 12.8 Å². The number of nitrogens with zero attached hydrogens (tertiary/aromatic N) is 4. The number of sulfonamides is 1. The molecule has 0 bridgehead atoms. The summed E-state index contributed by atoms with van der Waals surface area (Å²) in [5.74, 6) is -0.688. The molecule has 15 heteroatoms. The highest BCUT2D eigenvalue weighted by Gasteiger charge is 2.36. The first-order chi connectivity index (χ1) is 23.9. The number of carbonyl (C=O) groups is 2. The van der Waals surface area contributed by atoms with Gasteiger partial charge < -0.3 is 30.6 Å². The number of ether oxygens (including phenoxy) is 1. The van der Waals surface area contributed by atoms with E-state index in [2.05, 4.69) is 20.8 Å². The van der Waals surface area contributed by atoms with E-state index >= 15 is 0 Å². The number of thiazole rings is 1. The molecule has 3 amide bonds. The number of nitrogens with one attached hydrogen (secondary N) is 2. The van der Waals surface area contributed by atoms with Crippen LogP contribution in [0.1, 0.15) is 63.4 Å². The second-order valence-corrected chi connectivity index (χ2v) is 17.0. The molecule has 4 N–H and O–H groups in total. The van der Waals surface area contributed by atoms with Gasteiger partial charge in [-0.25, -0.2) is 18.2 Å². The molecule has 3 rings (SSSR count). The zero-order valence-corrected chi connectivity index (χ0v) is 32.2. The first kappa shape index (κ1) is 41.5. The molecular formula is C36H52N6O7S2. The number of rotatable bonds is 17. The summed E-state index contributed by atoms with van der Waals surface area (Å²) in [5.41, 5.74) is 1.38. The molecule has 1 heterocycles. The van der Waals surface area contributed by atoms with Crippen LogP contribution in [0.3, 0.4) is 0 Å². The highest BCUT2D eigenvalue weighted by Crippen LogP contribution is 2.21. The SMILES string of the molecule is Cc1nc(CN(C)C(=O)N[C@H](C(=O)N[C@@H](Cc2ccccc2)[C@H](O)CN(CC(C)C)S(=O)(=O)c2ccc(C=NO)cc2)[C@H](C)OC(C)(C)C)cs1.